The fourth-order valence-corrected chi connectivity index (χ4v) is 1.99. The molecule has 0 bridgehead atoms. The zero-order chi connectivity index (χ0) is 17.9. The highest BCUT2D eigenvalue weighted by Crippen LogP contribution is 2.14. The molecule has 0 saturated heterocycles. The van der Waals surface area contributed by atoms with Crippen LogP contribution in [-0.4, -0.2) is 56.6 Å². The molecule has 0 aromatic heterocycles. The van der Waals surface area contributed by atoms with E-state index in [1.165, 1.54) is 0 Å². The lowest BCUT2D eigenvalue weighted by molar-refractivity contribution is -0.124. The second-order valence-electron chi connectivity index (χ2n) is 5.43. The molecule has 0 aliphatic heterocycles. The fraction of sp³-hybridized carbons (Fsp3) is 0.471. The summed E-state index contributed by atoms with van der Waals surface area (Å²) in [5.41, 5.74) is 0.867. The number of anilines is 1. The number of benzene rings is 1. The van der Waals surface area contributed by atoms with Crippen LogP contribution in [-0.2, 0) is 14.3 Å². The van der Waals surface area contributed by atoms with Gasteiger partial charge in [-0.25, -0.2) is 0 Å². The van der Waals surface area contributed by atoms with Crippen molar-refractivity contribution in [3.63, 3.8) is 0 Å². The SMILES string of the molecule is COCCCNC(=O)CN(C)C(C)C(=O)Nc1ccccc1C#N. The maximum absolute atomic E-state index is 12.3. The van der Waals surface area contributed by atoms with Crippen LogP contribution < -0.4 is 10.6 Å². The van der Waals surface area contributed by atoms with Gasteiger partial charge in [0.05, 0.1) is 23.8 Å². The van der Waals surface area contributed by atoms with Crippen LogP contribution in [0.3, 0.4) is 0 Å². The summed E-state index contributed by atoms with van der Waals surface area (Å²) in [5.74, 6) is -0.418. The van der Waals surface area contributed by atoms with Crippen molar-refractivity contribution >= 4 is 17.5 Å². The van der Waals surface area contributed by atoms with Gasteiger partial charge in [0, 0.05) is 20.3 Å². The summed E-state index contributed by atoms with van der Waals surface area (Å²) in [6, 6.07) is 8.31. The molecule has 0 radical (unpaired) electrons. The van der Waals surface area contributed by atoms with E-state index in [4.69, 9.17) is 10.00 Å². The Labute approximate surface area is 142 Å². The van der Waals surface area contributed by atoms with Crippen molar-refractivity contribution in [3.8, 4) is 6.07 Å². The van der Waals surface area contributed by atoms with E-state index in [9.17, 15) is 9.59 Å². The van der Waals surface area contributed by atoms with Gasteiger partial charge in [-0.05, 0) is 32.5 Å². The molecule has 0 aliphatic rings. The minimum atomic E-state index is -0.513. The number of ether oxygens (including phenoxy) is 1. The number of amides is 2. The van der Waals surface area contributed by atoms with Crippen molar-refractivity contribution in [2.24, 2.45) is 0 Å². The Kier molecular flexibility index (Phi) is 8.47. The number of hydrogen-bond acceptors (Lipinski definition) is 5. The lowest BCUT2D eigenvalue weighted by Gasteiger charge is -2.23. The highest BCUT2D eigenvalue weighted by atomic mass is 16.5. The molecule has 1 unspecified atom stereocenters. The lowest BCUT2D eigenvalue weighted by atomic mass is 10.2. The third kappa shape index (κ3) is 6.36. The predicted molar refractivity (Wildman–Crippen MR) is 91.4 cm³/mol. The van der Waals surface area contributed by atoms with Crippen molar-refractivity contribution in [3.05, 3.63) is 29.8 Å². The van der Waals surface area contributed by atoms with Crippen LogP contribution >= 0.6 is 0 Å². The number of hydrogen-bond donors (Lipinski definition) is 2. The van der Waals surface area contributed by atoms with E-state index in [1.54, 1.807) is 50.2 Å². The maximum Gasteiger partial charge on any atom is 0.241 e. The van der Waals surface area contributed by atoms with Crippen molar-refractivity contribution < 1.29 is 14.3 Å². The molecule has 0 spiro atoms. The van der Waals surface area contributed by atoms with Gasteiger partial charge in [0.2, 0.25) is 11.8 Å². The van der Waals surface area contributed by atoms with E-state index in [0.717, 1.165) is 6.42 Å². The number of carbonyl (C=O) groups is 2. The highest BCUT2D eigenvalue weighted by molar-refractivity contribution is 5.96. The van der Waals surface area contributed by atoms with E-state index in [2.05, 4.69) is 10.6 Å². The standard InChI is InChI=1S/C17H24N4O3/c1-13(21(2)12-16(22)19-9-6-10-24-3)17(23)20-15-8-5-4-7-14(15)11-18/h4-5,7-8,13H,6,9-10,12H2,1-3H3,(H,19,22)(H,20,23). The second-order valence-corrected chi connectivity index (χ2v) is 5.43. The van der Waals surface area contributed by atoms with Gasteiger partial charge in [0.15, 0.2) is 0 Å². The number of methoxy groups -OCH3 is 1. The predicted octanol–water partition coefficient (Wildman–Crippen LogP) is 0.970. The van der Waals surface area contributed by atoms with Gasteiger partial charge in [-0.15, -0.1) is 0 Å². The second kappa shape index (κ2) is 10.4. The monoisotopic (exact) mass is 332 g/mol. The molecule has 24 heavy (non-hydrogen) atoms. The first-order valence-corrected chi connectivity index (χ1v) is 7.75. The molecule has 7 heteroatoms. The highest BCUT2D eigenvalue weighted by Gasteiger charge is 2.20. The Hall–Kier alpha value is -2.43. The van der Waals surface area contributed by atoms with Crippen LogP contribution in [0, 0.1) is 11.3 Å². The summed E-state index contributed by atoms with van der Waals surface area (Å²) in [6.07, 6.45) is 0.743. The first-order valence-electron chi connectivity index (χ1n) is 7.75. The van der Waals surface area contributed by atoms with E-state index < -0.39 is 6.04 Å². The van der Waals surface area contributed by atoms with Crippen molar-refractivity contribution in [1.82, 2.24) is 10.2 Å². The summed E-state index contributed by atoms with van der Waals surface area (Å²) in [7, 11) is 3.32. The number of carbonyl (C=O) groups excluding carboxylic acids is 2. The van der Waals surface area contributed by atoms with E-state index in [-0.39, 0.29) is 18.4 Å². The van der Waals surface area contributed by atoms with Crippen LogP contribution in [0.5, 0.6) is 0 Å². The molecule has 0 saturated carbocycles. The average Bonchev–Trinajstić information content (AvgIpc) is 2.58. The summed E-state index contributed by atoms with van der Waals surface area (Å²) in [4.78, 5) is 25.8. The van der Waals surface area contributed by atoms with Crippen molar-refractivity contribution in [2.45, 2.75) is 19.4 Å². The quantitative estimate of drug-likeness (QED) is 0.657. The van der Waals surface area contributed by atoms with Crippen LogP contribution in [0.15, 0.2) is 24.3 Å². The third-order valence-corrected chi connectivity index (χ3v) is 3.59. The smallest absolute Gasteiger partial charge is 0.241 e. The molecule has 0 fully saturated rings. The summed E-state index contributed by atoms with van der Waals surface area (Å²) in [5, 5.41) is 14.5. The lowest BCUT2D eigenvalue weighted by Crippen LogP contribution is -2.45. The Morgan fingerprint density at radius 3 is 2.75 bits per heavy atom. The van der Waals surface area contributed by atoms with Gasteiger partial charge >= 0.3 is 0 Å². The minimum absolute atomic E-state index is 0.113. The molecule has 7 nitrogen and oxygen atoms in total. The van der Waals surface area contributed by atoms with Gasteiger partial charge < -0.3 is 15.4 Å². The number of likely N-dealkylation sites (N-methyl/N-ethyl adjacent to an activating group) is 1. The molecule has 2 N–H and O–H groups in total. The van der Waals surface area contributed by atoms with E-state index >= 15 is 0 Å². The van der Waals surface area contributed by atoms with Crippen LogP contribution in [0.25, 0.3) is 0 Å². The van der Waals surface area contributed by atoms with Crippen molar-refractivity contribution in [1.29, 1.82) is 5.26 Å². The molecule has 1 atom stereocenters. The zero-order valence-electron chi connectivity index (χ0n) is 14.3. The van der Waals surface area contributed by atoms with Crippen molar-refractivity contribution in [2.75, 3.05) is 39.2 Å². The number of rotatable bonds is 9. The van der Waals surface area contributed by atoms with Crippen LogP contribution in [0.1, 0.15) is 18.9 Å². The third-order valence-electron chi connectivity index (χ3n) is 3.59. The maximum atomic E-state index is 12.3. The Morgan fingerprint density at radius 1 is 1.38 bits per heavy atom. The molecular weight excluding hydrogens is 308 g/mol. The van der Waals surface area contributed by atoms with Crippen LogP contribution in [0.4, 0.5) is 5.69 Å². The Bertz CT molecular complexity index is 598. The zero-order valence-corrected chi connectivity index (χ0v) is 14.3. The number of nitriles is 1. The molecule has 1 aromatic carbocycles. The first-order chi connectivity index (χ1) is 11.5. The molecule has 2 amide bonds. The van der Waals surface area contributed by atoms with Gasteiger partial charge in [-0.3, -0.25) is 14.5 Å². The van der Waals surface area contributed by atoms with Gasteiger partial charge in [0.25, 0.3) is 0 Å². The van der Waals surface area contributed by atoms with E-state index in [1.807, 2.05) is 6.07 Å². The van der Waals surface area contributed by atoms with Gasteiger partial charge in [0.1, 0.15) is 6.07 Å². The number of para-hydroxylation sites is 1. The molecular formula is C17H24N4O3. The molecule has 130 valence electrons. The number of nitrogens with one attached hydrogen (secondary N) is 2. The molecule has 0 heterocycles. The average molecular weight is 332 g/mol. The summed E-state index contributed by atoms with van der Waals surface area (Å²) < 4.78 is 4.91. The van der Waals surface area contributed by atoms with Gasteiger partial charge in [-0.2, -0.15) is 5.26 Å². The molecule has 0 aliphatic carbocycles. The first kappa shape index (κ1) is 19.6. The Morgan fingerprint density at radius 2 is 2.08 bits per heavy atom. The topological polar surface area (TPSA) is 94.5 Å². The number of nitrogens with zero attached hydrogens (tertiary/aromatic N) is 2. The normalized spacial score (nSPS) is 11.6. The summed E-state index contributed by atoms with van der Waals surface area (Å²) >= 11 is 0. The minimum Gasteiger partial charge on any atom is -0.385 e. The molecule has 1 aromatic rings. The largest absolute Gasteiger partial charge is 0.385 e. The fourth-order valence-electron chi connectivity index (χ4n) is 1.99. The van der Waals surface area contributed by atoms with E-state index in [0.29, 0.717) is 24.4 Å². The van der Waals surface area contributed by atoms with Gasteiger partial charge in [-0.1, -0.05) is 12.1 Å². The van der Waals surface area contributed by atoms with Crippen LogP contribution in [0.2, 0.25) is 0 Å². The summed E-state index contributed by atoms with van der Waals surface area (Å²) in [6.45, 7) is 2.95. The Balaban J connectivity index is 2.50. The molecule has 1 rings (SSSR count).